The second-order valence-corrected chi connectivity index (χ2v) is 4.81. The molecule has 1 aliphatic carbocycles. The molecule has 4 nitrogen and oxygen atoms in total. The first-order valence-electron chi connectivity index (χ1n) is 6.13. The van der Waals surface area contributed by atoms with Gasteiger partial charge in [0.15, 0.2) is 0 Å². The van der Waals surface area contributed by atoms with Gasteiger partial charge >= 0.3 is 0 Å². The number of nitrogens with zero attached hydrogens (tertiary/aromatic N) is 1. The molecule has 0 aromatic heterocycles. The van der Waals surface area contributed by atoms with Crippen LogP contribution in [0.5, 0.6) is 0 Å². The highest BCUT2D eigenvalue weighted by atomic mass is 16.6. The summed E-state index contributed by atoms with van der Waals surface area (Å²) < 4.78 is 0. The lowest BCUT2D eigenvalue weighted by Crippen LogP contribution is -2.07. The molecule has 1 fully saturated rings. The van der Waals surface area contributed by atoms with E-state index in [-0.39, 0.29) is 10.6 Å². The normalized spacial score (nSPS) is 22.2. The van der Waals surface area contributed by atoms with Crippen LogP contribution in [0.1, 0.15) is 31.7 Å². The first-order valence-corrected chi connectivity index (χ1v) is 6.13. The number of nitro benzene ring substituents is 1. The summed E-state index contributed by atoms with van der Waals surface area (Å²) in [5.74, 6) is 0.695. The van der Waals surface area contributed by atoms with Gasteiger partial charge < -0.3 is 5.32 Å². The Morgan fingerprint density at radius 2 is 2.29 bits per heavy atom. The van der Waals surface area contributed by atoms with E-state index >= 15 is 0 Å². The van der Waals surface area contributed by atoms with Crippen molar-refractivity contribution in [2.75, 3.05) is 5.32 Å². The molecule has 17 heavy (non-hydrogen) atoms. The lowest BCUT2D eigenvalue weighted by atomic mass is 10.2. The third-order valence-electron chi connectivity index (χ3n) is 3.27. The first kappa shape index (κ1) is 11.9. The Bertz CT molecular complexity index is 431. The summed E-state index contributed by atoms with van der Waals surface area (Å²) in [5, 5.41) is 14.2. The maximum atomic E-state index is 10.9. The predicted octanol–water partition coefficient (Wildman–Crippen LogP) is 3.50. The van der Waals surface area contributed by atoms with Crippen LogP contribution >= 0.6 is 0 Å². The van der Waals surface area contributed by atoms with E-state index in [2.05, 4.69) is 12.2 Å². The van der Waals surface area contributed by atoms with Crippen molar-refractivity contribution in [1.29, 1.82) is 0 Å². The zero-order chi connectivity index (χ0) is 12.4. The number of benzene rings is 1. The minimum atomic E-state index is -0.313. The average molecular weight is 234 g/mol. The molecular weight excluding hydrogens is 216 g/mol. The van der Waals surface area contributed by atoms with Crippen LogP contribution in [0, 0.1) is 23.0 Å². The zero-order valence-electron chi connectivity index (χ0n) is 10.3. The first-order chi connectivity index (χ1) is 8.11. The van der Waals surface area contributed by atoms with E-state index in [1.807, 2.05) is 19.1 Å². The van der Waals surface area contributed by atoms with E-state index in [9.17, 15) is 10.1 Å². The van der Waals surface area contributed by atoms with Crippen molar-refractivity contribution < 1.29 is 4.92 Å². The second-order valence-electron chi connectivity index (χ2n) is 4.81. The van der Waals surface area contributed by atoms with Gasteiger partial charge in [0, 0.05) is 12.1 Å². The van der Waals surface area contributed by atoms with E-state index in [1.165, 1.54) is 12.8 Å². The fourth-order valence-electron chi connectivity index (χ4n) is 2.23. The van der Waals surface area contributed by atoms with Gasteiger partial charge in [-0.2, -0.15) is 0 Å². The van der Waals surface area contributed by atoms with Gasteiger partial charge in [-0.3, -0.25) is 10.1 Å². The fourth-order valence-corrected chi connectivity index (χ4v) is 2.23. The summed E-state index contributed by atoms with van der Waals surface area (Å²) in [7, 11) is 0. The van der Waals surface area contributed by atoms with Gasteiger partial charge in [0.05, 0.1) is 4.92 Å². The van der Waals surface area contributed by atoms with Gasteiger partial charge in [-0.1, -0.05) is 19.4 Å². The minimum absolute atomic E-state index is 0.187. The van der Waals surface area contributed by atoms with Crippen LogP contribution in [0.4, 0.5) is 11.4 Å². The number of hydrogen-bond acceptors (Lipinski definition) is 3. The topological polar surface area (TPSA) is 55.2 Å². The van der Waals surface area contributed by atoms with Gasteiger partial charge in [-0.05, 0) is 37.3 Å². The van der Waals surface area contributed by atoms with E-state index in [0.29, 0.717) is 17.6 Å². The highest BCUT2D eigenvalue weighted by Crippen LogP contribution is 2.39. The Balaban J connectivity index is 2.08. The molecular formula is C13H18N2O2. The van der Waals surface area contributed by atoms with Crippen LogP contribution in [0.2, 0.25) is 0 Å². The zero-order valence-corrected chi connectivity index (χ0v) is 10.3. The Morgan fingerprint density at radius 1 is 1.53 bits per heavy atom. The minimum Gasteiger partial charge on any atom is -0.376 e. The van der Waals surface area contributed by atoms with E-state index in [0.717, 1.165) is 12.0 Å². The van der Waals surface area contributed by atoms with Gasteiger partial charge in [-0.25, -0.2) is 0 Å². The van der Waals surface area contributed by atoms with Gasteiger partial charge in [0.25, 0.3) is 5.69 Å². The summed E-state index contributed by atoms with van der Waals surface area (Å²) in [6.45, 7) is 4.04. The Hall–Kier alpha value is -1.58. The lowest BCUT2D eigenvalue weighted by molar-refractivity contribution is -0.384. The SMILES string of the molecule is CCCC1CC1Nc1ccc(C)cc1[N+](=O)[O-]. The van der Waals surface area contributed by atoms with Crippen LogP contribution < -0.4 is 5.32 Å². The molecule has 0 radical (unpaired) electrons. The number of nitrogens with one attached hydrogen (secondary N) is 1. The molecule has 1 aliphatic rings. The number of aryl methyl sites for hydroxylation is 1. The molecule has 0 saturated heterocycles. The Labute approximate surface area is 101 Å². The van der Waals surface area contributed by atoms with Crippen molar-refractivity contribution in [1.82, 2.24) is 0 Å². The molecule has 1 aromatic rings. The van der Waals surface area contributed by atoms with E-state index in [4.69, 9.17) is 0 Å². The highest BCUT2D eigenvalue weighted by molar-refractivity contribution is 5.63. The van der Waals surface area contributed by atoms with Crippen LogP contribution in [0.25, 0.3) is 0 Å². The largest absolute Gasteiger partial charge is 0.376 e. The summed E-state index contributed by atoms with van der Waals surface area (Å²) >= 11 is 0. The van der Waals surface area contributed by atoms with Crippen molar-refractivity contribution in [2.45, 2.75) is 39.2 Å². The monoisotopic (exact) mass is 234 g/mol. The molecule has 2 rings (SSSR count). The predicted molar refractivity (Wildman–Crippen MR) is 68.3 cm³/mol. The smallest absolute Gasteiger partial charge is 0.292 e. The van der Waals surface area contributed by atoms with Crippen molar-refractivity contribution >= 4 is 11.4 Å². The van der Waals surface area contributed by atoms with Crippen LogP contribution in [0.15, 0.2) is 18.2 Å². The maximum absolute atomic E-state index is 10.9. The summed E-state index contributed by atoms with van der Waals surface area (Å²) in [4.78, 5) is 10.6. The number of rotatable bonds is 5. The Morgan fingerprint density at radius 3 is 2.94 bits per heavy atom. The van der Waals surface area contributed by atoms with E-state index < -0.39 is 0 Å². The van der Waals surface area contributed by atoms with Crippen LogP contribution in [-0.2, 0) is 0 Å². The summed E-state index contributed by atoms with van der Waals surface area (Å²) in [6, 6.07) is 5.78. The molecule has 0 spiro atoms. The molecule has 2 unspecified atom stereocenters. The maximum Gasteiger partial charge on any atom is 0.292 e. The molecule has 0 heterocycles. The Kier molecular flexibility index (Phi) is 3.31. The van der Waals surface area contributed by atoms with Crippen molar-refractivity contribution in [3.05, 3.63) is 33.9 Å². The van der Waals surface area contributed by atoms with E-state index in [1.54, 1.807) is 6.07 Å². The second kappa shape index (κ2) is 4.73. The standard InChI is InChI=1S/C13H18N2O2/c1-3-4-10-8-12(10)14-11-6-5-9(2)7-13(11)15(16)17/h5-7,10,12,14H,3-4,8H2,1-2H3. The van der Waals surface area contributed by atoms with Crippen LogP contribution in [-0.4, -0.2) is 11.0 Å². The molecule has 1 saturated carbocycles. The number of hydrogen-bond donors (Lipinski definition) is 1. The molecule has 0 bridgehead atoms. The fraction of sp³-hybridized carbons (Fsp3) is 0.538. The van der Waals surface area contributed by atoms with Gasteiger partial charge in [-0.15, -0.1) is 0 Å². The highest BCUT2D eigenvalue weighted by Gasteiger charge is 2.36. The molecule has 1 aromatic carbocycles. The van der Waals surface area contributed by atoms with Crippen molar-refractivity contribution in [3.8, 4) is 0 Å². The molecule has 0 aliphatic heterocycles. The van der Waals surface area contributed by atoms with Crippen molar-refractivity contribution in [2.24, 2.45) is 5.92 Å². The quantitative estimate of drug-likeness (QED) is 0.626. The molecule has 1 N–H and O–H groups in total. The molecule has 92 valence electrons. The molecule has 0 amide bonds. The summed E-state index contributed by atoms with van der Waals surface area (Å²) in [6.07, 6.45) is 3.52. The molecule has 2 atom stereocenters. The third kappa shape index (κ3) is 2.75. The third-order valence-corrected chi connectivity index (χ3v) is 3.27. The number of anilines is 1. The average Bonchev–Trinajstić information content (AvgIpc) is 2.99. The lowest BCUT2D eigenvalue weighted by Gasteiger charge is -2.07. The van der Waals surface area contributed by atoms with Crippen LogP contribution in [0.3, 0.4) is 0 Å². The van der Waals surface area contributed by atoms with Gasteiger partial charge in [0.1, 0.15) is 5.69 Å². The number of nitro groups is 1. The molecule has 4 heteroatoms. The van der Waals surface area contributed by atoms with Crippen molar-refractivity contribution in [3.63, 3.8) is 0 Å². The summed E-state index contributed by atoms with van der Waals surface area (Å²) in [5.41, 5.74) is 1.76. The van der Waals surface area contributed by atoms with Gasteiger partial charge in [0.2, 0.25) is 0 Å².